The average molecular weight is 358 g/mol. The van der Waals surface area contributed by atoms with Crippen molar-refractivity contribution in [3.63, 3.8) is 0 Å². The number of aromatic amines is 1. The number of rotatable bonds is 2. The number of imidazole rings is 1. The summed E-state index contributed by atoms with van der Waals surface area (Å²) in [7, 11) is 1.64. The number of aromatic nitrogens is 2. The maximum atomic E-state index is 13.2. The molecule has 0 spiro atoms. The van der Waals surface area contributed by atoms with E-state index >= 15 is 0 Å². The van der Waals surface area contributed by atoms with Crippen molar-refractivity contribution in [1.29, 1.82) is 0 Å². The molecule has 4 aromatic rings. The van der Waals surface area contributed by atoms with E-state index < -0.39 is 11.7 Å². The van der Waals surface area contributed by atoms with E-state index in [0.29, 0.717) is 22.4 Å². The van der Waals surface area contributed by atoms with E-state index in [4.69, 9.17) is 4.42 Å². The van der Waals surface area contributed by atoms with Crippen LogP contribution in [-0.2, 0) is 13.2 Å². The molecule has 2 heterocycles. The first-order valence-corrected chi connectivity index (χ1v) is 7.80. The maximum Gasteiger partial charge on any atom is 0.417 e. The van der Waals surface area contributed by atoms with Crippen molar-refractivity contribution in [2.75, 3.05) is 0 Å². The molecule has 0 unspecified atom stereocenters. The zero-order chi connectivity index (χ0) is 18.5. The van der Waals surface area contributed by atoms with E-state index in [1.54, 1.807) is 31.3 Å². The lowest BCUT2D eigenvalue weighted by Crippen LogP contribution is -2.11. The van der Waals surface area contributed by atoms with Gasteiger partial charge in [-0.15, -0.1) is 0 Å². The summed E-state index contributed by atoms with van der Waals surface area (Å²) in [5.74, 6) is 0.559. The van der Waals surface area contributed by atoms with Crippen LogP contribution in [0.5, 0.6) is 0 Å². The number of hydrogen-bond donors (Lipinski definition) is 1. The average Bonchev–Trinajstić information content (AvgIpc) is 3.20. The molecule has 0 aliphatic heterocycles. The molecule has 0 saturated carbocycles. The summed E-state index contributed by atoms with van der Waals surface area (Å²) >= 11 is 0. The summed E-state index contributed by atoms with van der Waals surface area (Å²) in [5.41, 5.74) is 1.03. The molecular formula is C19H13F3N2O2. The first-order valence-electron chi connectivity index (χ1n) is 7.80. The highest BCUT2D eigenvalue weighted by atomic mass is 19.4. The summed E-state index contributed by atoms with van der Waals surface area (Å²) in [6, 6.07) is 13.7. The maximum absolute atomic E-state index is 13.2. The highest BCUT2D eigenvalue weighted by Gasteiger charge is 2.34. The van der Waals surface area contributed by atoms with Crippen molar-refractivity contribution in [1.82, 2.24) is 9.55 Å². The largest absolute Gasteiger partial charge is 0.456 e. The van der Waals surface area contributed by atoms with Crippen LogP contribution < -0.4 is 5.69 Å². The van der Waals surface area contributed by atoms with Gasteiger partial charge in [-0.3, -0.25) is 4.57 Å². The van der Waals surface area contributed by atoms with E-state index in [2.05, 4.69) is 4.98 Å². The number of furan rings is 1. The summed E-state index contributed by atoms with van der Waals surface area (Å²) in [5, 5.41) is 0. The number of aryl methyl sites for hydroxylation is 1. The molecule has 4 nitrogen and oxygen atoms in total. The number of benzene rings is 2. The number of fused-ring (bicyclic) bond motifs is 1. The van der Waals surface area contributed by atoms with Crippen LogP contribution in [0.1, 0.15) is 5.56 Å². The SMILES string of the molecule is Cn1c(=O)[nH]c2ccc(-c3ccc(-c4ccccc4C(F)(F)F)o3)cc21. The first kappa shape index (κ1) is 16.3. The highest BCUT2D eigenvalue weighted by molar-refractivity contribution is 5.81. The van der Waals surface area contributed by atoms with Crippen LogP contribution in [-0.4, -0.2) is 9.55 Å². The van der Waals surface area contributed by atoms with Crippen LogP contribution in [0.4, 0.5) is 13.2 Å². The van der Waals surface area contributed by atoms with E-state index in [0.717, 1.165) is 6.07 Å². The molecular weight excluding hydrogens is 345 g/mol. The third-order valence-corrected chi connectivity index (χ3v) is 4.29. The minimum atomic E-state index is -4.47. The first-order chi connectivity index (χ1) is 12.3. The van der Waals surface area contributed by atoms with Crippen LogP contribution in [0.25, 0.3) is 33.7 Å². The molecule has 0 atom stereocenters. The number of hydrogen-bond acceptors (Lipinski definition) is 2. The lowest BCUT2D eigenvalue weighted by Gasteiger charge is -2.10. The van der Waals surface area contributed by atoms with Gasteiger partial charge in [0.05, 0.1) is 16.6 Å². The third-order valence-electron chi connectivity index (χ3n) is 4.29. The molecule has 0 aliphatic carbocycles. The van der Waals surface area contributed by atoms with Gasteiger partial charge in [0, 0.05) is 18.2 Å². The number of alkyl halides is 3. The van der Waals surface area contributed by atoms with Crippen molar-refractivity contribution in [2.45, 2.75) is 6.18 Å². The Hall–Kier alpha value is -3.22. The molecule has 132 valence electrons. The highest BCUT2D eigenvalue weighted by Crippen LogP contribution is 2.38. The molecule has 4 rings (SSSR count). The summed E-state index contributed by atoms with van der Waals surface area (Å²) in [6.07, 6.45) is -4.47. The molecule has 1 N–H and O–H groups in total. The van der Waals surface area contributed by atoms with Crippen molar-refractivity contribution in [3.05, 3.63) is 70.6 Å². The summed E-state index contributed by atoms with van der Waals surface area (Å²) in [6.45, 7) is 0. The van der Waals surface area contributed by atoms with Gasteiger partial charge in [0.15, 0.2) is 0 Å². The normalized spacial score (nSPS) is 12.0. The van der Waals surface area contributed by atoms with Crippen LogP contribution in [0.3, 0.4) is 0 Å². The van der Waals surface area contributed by atoms with Gasteiger partial charge in [0.1, 0.15) is 11.5 Å². The topological polar surface area (TPSA) is 50.9 Å². The van der Waals surface area contributed by atoms with Gasteiger partial charge in [0.2, 0.25) is 0 Å². The molecule has 2 aromatic carbocycles. The van der Waals surface area contributed by atoms with Gasteiger partial charge in [-0.2, -0.15) is 13.2 Å². The Labute approximate surface area is 145 Å². The Morgan fingerprint density at radius 3 is 2.50 bits per heavy atom. The van der Waals surface area contributed by atoms with Gasteiger partial charge >= 0.3 is 11.9 Å². The van der Waals surface area contributed by atoms with E-state index in [-0.39, 0.29) is 17.0 Å². The Morgan fingerprint density at radius 1 is 1.00 bits per heavy atom. The predicted molar refractivity (Wildman–Crippen MR) is 91.7 cm³/mol. The smallest absolute Gasteiger partial charge is 0.417 e. The van der Waals surface area contributed by atoms with Crippen LogP contribution >= 0.6 is 0 Å². The van der Waals surface area contributed by atoms with Gasteiger partial charge < -0.3 is 9.40 Å². The number of H-pyrrole nitrogens is 1. The second-order valence-corrected chi connectivity index (χ2v) is 5.93. The van der Waals surface area contributed by atoms with E-state index in [1.807, 2.05) is 0 Å². The molecule has 0 fully saturated rings. The molecule has 0 radical (unpaired) electrons. The van der Waals surface area contributed by atoms with Crippen molar-refractivity contribution >= 4 is 11.0 Å². The summed E-state index contributed by atoms with van der Waals surface area (Å²) in [4.78, 5) is 14.4. The van der Waals surface area contributed by atoms with E-state index in [1.165, 1.54) is 28.8 Å². The molecule has 0 aliphatic rings. The second kappa shape index (κ2) is 5.66. The monoisotopic (exact) mass is 358 g/mol. The lowest BCUT2D eigenvalue weighted by atomic mass is 10.1. The lowest BCUT2D eigenvalue weighted by molar-refractivity contribution is -0.137. The molecule has 2 aromatic heterocycles. The molecule has 0 bridgehead atoms. The minimum absolute atomic E-state index is 0.0126. The minimum Gasteiger partial charge on any atom is -0.456 e. The predicted octanol–water partition coefficient (Wildman–Crippen LogP) is 4.81. The number of halogens is 3. The van der Waals surface area contributed by atoms with Crippen LogP contribution in [0.2, 0.25) is 0 Å². The van der Waals surface area contributed by atoms with Crippen LogP contribution in [0.15, 0.2) is 63.8 Å². The fraction of sp³-hybridized carbons (Fsp3) is 0.105. The quantitative estimate of drug-likeness (QED) is 0.559. The van der Waals surface area contributed by atoms with Crippen molar-refractivity contribution < 1.29 is 17.6 Å². The number of nitrogens with one attached hydrogen (secondary N) is 1. The molecule has 0 saturated heterocycles. The Morgan fingerprint density at radius 2 is 1.73 bits per heavy atom. The molecule has 7 heteroatoms. The van der Waals surface area contributed by atoms with E-state index in [9.17, 15) is 18.0 Å². The Kier molecular flexibility index (Phi) is 3.54. The number of nitrogens with zero attached hydrogens (tertiary/aromatic N) is 1. The van der Waals surface area contributed by atoms with Gasteiger partial charge in [-0.1, -0.05) is 18.2 Å². The van der Waals surface area contributed by atoms with Gasteiger partial charge in [-0.05, 0) is 36.4 Å². The standard InChI is InChI=1S/C19H13F3N2O2/c1-24-15-10-11(6-7-14(15)23-18(24)25)16-8-9-17(26-16)12-4-2-3-5-13(12)19(20,21)22/h2-10H,1H3,(H,23,25). The zero-order valence-electron chi connectivity index (χ0n) is 13.6. The fourth-order valence-electron chi connectivity index (χ4n) is 2.96. The Bertz CT molecular complexity index is 1170. The van der Waals surface area contributed by atoms with Crippen molar-refractivity contribution in [2.24, 2.45) is 7.05 Å². The second-order valence-electron chi connectivity index (χ2n) is 5.93. The fourth-order valence-corrected chi connectivity index (χ4v) is 2.96. The van der Waals surface area contributed by atoms with Crippen LogP contribution in [0, 0.1) is 0 Å². The third kappa shape index (κ3) is 2.61. The molecule has 0 amide bonds. The summed E-state index contributed by atoms with van der Waals surface area (Å²) < 4.78 is 46.8. The molecule has 26 heavy (non-hydrogen) atoms. The van der Waals surface area contributed by atoms with Crippen molar-refractivity contribution in [3.8, 4) is 22.6 Å². The Balaban J connectivity index is 1.80. The van der Waals surface area contributed by atoms with Gasteiger partial charge in [-0.25, -0.2) is 4.79 Å². The van der Waals surface area contributed by atoms with Gasteiger partial charge in [0.25, 0.3) is 0 Å². The zero-order valence-corrected chi connectivity index (χ0v) is 13.6.